The van der Waals surface area contributed by atoms with Crippen LogP contribution in [0.25, 0.3) is 16.9 Å². The first-order valence-electron chi connectivity index (χ1n) is 9.60. The van der Waals surface area contributed by atoms with E-state index in [0.29, 0.717) is 19.4 Å². The first kappa shape index (κ1) is 19.1. The molecule has 0 unspecified atom stereocenters. The number of benzene rings is 1. The lowest BCUT2D eigenvalue weighted by molar-refractivity contribution is -0.384. The van der Waals surface area contributed by atoms with Gasteiger partial charge in [-0.3, -0.25) is 19.8 Å². The third-order valence-electron chi connectivity index (χ3n) is 5.61. The van der Waals surface area contributed by atoms with Gasteiger partial charge in [-0.1, -0.05) is 6.07 Å². The molecule has 0 atom stereocenters. The van der Waals surface area contributed by atoms with Crippen LogP contribution in [0.2, 0.25) is 0 Å². The van der Waals surface area contributed by atoms with Gasteiger partial charge in [-0.05, 0) is 56.6 Å². The molecule has 0 aliphatic carbocycles. The Morgan fingerprint density at radius 2 is 1.93 bits per heavy atom. The molecule has 0 spiro atoms. The molecular formula is C21H22N4O4. The van der Waals surface area contributed by atoms with E-state index in [9.17, 15) is 20.0 Å². The SMILES string of the molecule is Cc1cccn2c(CN3CCC(C(=O)O)CC3)c(-c3ccc([N+](=O)[O-])cc3)nc12. The van der Waals surface area contributed by atoms with Crippen LogP contribution < -0.4 is 0 Å². The molecule has 8 heteroatoms. The average Bonchev–Trinajstić information content (AvgIpc) is 3.08. The highest BCUT2D eigenvalue weighted by molar-refractivity contribution is 5.70. The van der Waals surface area contributed by atoms with Crippen LogP contribution in [0.3, 0.4) is 0 Å². The number of imidazole rings is 1. The number of nitro groups is 1. The summed E-state index contributed by atoms with van der Waals surface area (Å²) in [5.74, 6) is -0.994. The summed E-state index contributed by atoms with van der Waals surface area (Å²) in [5.41, 5.74) is 4.59. The van der Waals surface area contributed by atoms with E-state index >= 15 is 0 Å². The predicted molar refractivity (Wildman–Crippen MR) is 108 cm³/mol. The molecular weight excluding hydrogens is 372 g/mol. The predicted octanol–water partition coefficient (Wildman–Crippen LogP) is 3.51. The molecule has 3 heterocycles. The molecule has 0 saturated carbocycles. The fraction of sp³-hybridized carbons (Fsp3) is 0.333. The first-order valence-corrected chi connectivity index (χ1v) is 9.60. The number of aromatic nitrogens is 2. The lowest BCUT2D eigenvalue weighted by atomic mass is 9.97. The number of non-ortho nitro benzene ring substituents is 1. The second kappa shape index (κ2) is 7.63. The minimum atomic E-state index is -0.721. The van der Waals surface area contributed by atoms with Crippen LogP contribution in [0.1, 0.15) is 24.1 Å². The number of rotatable bonds is 5. The van der Waals surface area contributed by atoms with Crippen LogP contribution in [0, 0.1) is 23.0 Å². The van der Waals surface area contributed by atoms with E-state index in [1.54, 1.807) is 12.1 Å². The zero-order valence-corrected chi connectivity index (χ0v) is 16.1. The van der Waals surface area contributed by atoms with E-state index in [1.807, 2.05) is 25.3 Å². The van der Waals surface area contributed by atoms with Gasteiger partial charge in [0.2, 0.25) is 0 Å². The Hall–Kier alpha value is -3.26. The van der Waals surface area contributed by atoms with Crippen molar-refractivity contribution in [3.8, 4) is 11.3 Å². The van der Waals surface area contributed by atoms with Crippen LogP contribution in [0.5, 0.6) is 0 Å². The smallest absolute Gasteiger partial charge is 0.306 e. The summed E-state index contributed by atoms with van der Waals surface area (Å²) in [6.07, 6.45) is 3.25. The number of aryl methyl sites for hydroxylation is 1. The summed E-state index contributed by atoms with van der Waals surface area (Å²) in [5, 5.41) is 20.2. The quantitative estimate of drug-likeness (QED) is 0.525. The Morgan fingerprint density at radius 1 is 1.24 bits per heavy atom. The van der Waals surface area contributed by atoms with Crippen LogP contribution in [0.15, 0.2) is 42.6 Å². The molecule has 0 amide bonds. The topological polar surface area (TPSA) is 101 Å². The number of hydrogen-bond acceptors (Lipinski definition) is 5. The van der Waals surface area contributed by atoms with E-state index in [4.69, 9.17) is 4.98 Å². The van der Waals surface area contributed by atoms with Crippen LogP contribution in [-0.4, -0.2) is 43.4 Å². The van der Waals surface area contributed by atoms with Crippen molar-refractivity contribution in [2.75, 3.05) is 13.1 Å². The Labute approximate surface area is 167 Å². The highest BCUT2D eigenvalue weighted by atomic mass is 16.6. The normalized spacial score (nSPS) is 15.6. The van der Waals surface area contributed by atoms with E-state index in [0.717, 1.165) is 41.3 Å². The molecule has 2 aromatic heterocycles. The Bertz CT molecular complexity index is 1070. The van der Waals surface area contributed by atoms with Gasteiger partial charge in [-0.25, -0.2) is 4.98 Å². The maximum absolute atomic E-state index is 11.2. The van der Waals surface area contributed by atoms with E-state index < -0.39 is 10.9 Å². The summed E-state index contributed by atoms with van der Waals surface area (Å²) < 4.78 is 2.06. The third-order valence-corrected chi connectivity index (χ3v) is 5.61. The first-order chi connectivity index (χ1) is 13.9. The van der Waals surface area contributed by atoms with Crippen molar-refractivity contribution in [3.05, 3.63) is 64.0 Å². The number of fused-ring (bicyclic) bond motifs is 1. The average molecular weight is 394 g/mol. The zero-order chi connectivity index (χ0) is 20.5. The van der Waals surface area contributed by atoms with E-state index in [1.165, 1.54) is 12.1 Å². The number of carboxylic acid groups (broad SMARTS) is 1. The summed E-state index contributed by atoms with van der Waals surface area (Å²) in [6, 6.07) is 10.4. The summed E-state index contributed by atoms with van der Waals surface area (Å²) in [7, 11) is 0. The van der Waals surface area contributed by atoms with Crippen LogP contribution >= 0.6 is 0 Å². The van der Waals surface area contributed by atoms with Crippen LogP contribution in [-0.2, 0) is 11.3 Å². The van der Waals surface area contributed by atoms with Gasteiger partial charge in [0.1, 0.15) is 5.65 Å². The second-order valence-electron chi connectivity index (χ2n) is 7.48. The van der Waals surface area contributed by atoms with Gasteiger partial charge < -0.3 is 9.51 Å². The number of likely N-dealkylation sites (tertiary alicyclic amines) is 1. The molecule has 1 aliphatic heterocycles. The number of nitrogens with zero attached hydrogens (tertiary/aromatic N) is 4. The number of piperidine rings is 1. The third kappa shape index (κ3) is 3.71. The minimum Gasteiger partial charge on any atom is -0.481 e. The molecule has 0 radical (unpaired) electrons. The molecule has 3 aromatic rings. The van der Waals surface area contributed by atoms with Crippen molar-refractivity contribution in [1.29, 1.82) is 0 Å². The molecule has 8 nitrogen and oxygen atoms in total. The summed E-state index contributed by atoms with van der Waals surface area (Å²) in [6.45, 7) is 4.08. The Morgan fingerprint density at radius 3 is 2.55 bits per heavy atom. The lowest BCUT2D eigenvalue weighted by Crippen LogP contribution is -2.36. The number of carboxylic acids is 1. The molecule has 1 aromatic carbocycles. The molecule has 1 N–H and O–H groups in total. The lowest BCUT2D eigenvalue weighted by Gasteiger charge is -2.30. The highest BCUT2D eigenvalue weighted by Crippen LogP contribution is 2.29. The van der Waals surface area contributed by atoms with Gasteiger partial charge in [0.15, 0.2) is 0 Å². The van der Waals surface area contributed by atoms with Crippen molar-refractivity contribution < 1.29 is 14.8 Å². The van der Waals surface area contributed by atoms with Gasteiger partial charge >= 0.3 is 5.97 Å². The fourth-order valence-electron chi connectivity index (χ4n) is 3.93. The Kier molecular flexibility index (Phi) is 5.02. The molecule has 1 fully saturated rings. The maximum atomic E-state index is 11.2. The maximum Gasteiger partial charge on any atom is 0.306 e. The number of carbonyl (C=O) groups is 1. The van der Waals surface area contributed by atoms with Gasteiger partial charge in [-0.15, -0.1) is 0 Å². The highest BCUT2D eigenvalue weighted by Gasteiger charge is 2.26. The standard InChI is InChI=1S/C21H22N4O4/c1-14-3-2-10-24-18(13-23-11-8-16(9-12-23)21(26)27)19(22-20(14)24)15-4-6-17(7-5-15)25(28)29/h2-7,10,16H,8-9,11-13H2,1H3,(H,26,27). The zero-order valence-electron chi connectivity index (χ0n) is 16.1. The van der Waals surface area contributed by atoms with Gasteiger partial charge in [-0.2, -0.15) is 0 Å². The largest absolute Gasteiger partial charge is 0.481 e. The van der Waals surface area contributed by atoms with Crippen molar-refractivity contribution >= 4 is 17.3 Å². The van der Waals surface area contributed by atoms with Gasteiger partial charge in [0.05, 0.1) is 22.2 Å². The minimum absolute atomic E-state index is 0.0472. The van der Waals surface area contributed by atoms with Crippen molar-refractivity contribution in [2.24, 2.45) is 5.92 Å². The summed E-state index contributed by atoms with van der Waals surface area (Å²) in [4.78, 5) is 28.9. The van der Waals surface area contributed by atoms with Crippen molar-refractivity contribution in [2.45, 2.75) is 26.3 Å². The van der Waals surface area contributed by atoms with E-state index in [-0.39, 0.29) is 11.6 Å². The van der Waals surface area contributed by atoms with Crippen molar-refractivity contribution in [1.82, 2.24) is 14.3 Å². The van der Waals surface area contributed by atoms with Crippen molar-refractivity contribution in [3.63, 3.8) is 0 Å². The number of aliphatic carboxylic acids is 1. The number of nitro benzene ring substituents is 1. The van der Waals surface area contributed by atoms with Gasteiger partial charge in [0, 0.05) is 30.4 Å². The molecule has 1 saturated heterocycles. The molecule has 1 aliphatic rings. The molecule has 150 valence electrons. The molecule has 4 rings (SSSR count). The van der Waals surface area contributed by atoms with Crippen LogP contribution in [0.4, 0.5) is 5.69 Å². The second-order valence-corrected chi connectivity index (χ2v) is 7.48. The Balaban J connectivity index is 1.70. The molecule has 0 bridgehead atoms. The number of hydrogen-bond donors (Lipinski definition) is 1. The van der Waals surface area contributed by atoms with E-state index in [2.05, 4.69) is 9.30 Å². The van der Waals surface area contributed by atoms with Gasteiger partial charge in [0.25, 0.3) is 5.69 Å². The fourth-order valence-corrected chi connectivity index (χ4v) is 3.93. The number of pyridine rings is 1. The molecule has 29 heavy (non-hydrogen) atoms. The summed E-state index contributed by atoms with van der Waals surface area (Å²) >= 11 is 0. The monoisotopic (exact) mass is 394 g/mol.